The minimum absolute atomic E-state index is 0.343. The molecule has 0 saturated heterocycles. The number of hydrogen-bond donors (Lipinski definition) is 1. The molecule has 2 aliphatic heterocycles. The zero-order valence-electron chi connectivity index (χ0n) is 10.5. The molecule has 102 valence electrons. The van der Waals surface area contributed by atoms with Crippen molar-refractivity contribution in [3.05, 3.63) is 35.9 Å². The van der Waals surface area contributed by atoms with Gasteiger partial charge in [0.05, 0.1) is 5.71 Å². The summed E-state index contributed by atoms with van der Waals surface area (Å²) in [6.45, 7) is -0.430. The first-order valence-corrected chi connectivity index (χ1v) is 6.13. The Balaban J connectivity index is 1.80. The molecule has 0 fully saturated rings. The maximum absolute atomic E-state index is 12.2. The second-order valence-corrected chi connectivity index (χ2v) is 4.53. The lowest BCUT2D eigenvalue weighted by atomic mass is 10.0. The van der Waals surface area contributed by atoms with Crippen LogP contribution in [0.25, 0.3) is 0 Å². The predicted molar refractivity (Wildman–Crippen MR) is 71.1 cm³/mol. The Kier molecular flexibility index (Phi) is 2.94. The van der Waals surface area contributed by atoms with Gasteiger partial charge in [0.15, 0.2) is 0 Å². The molecule has 7 nitrogen and oxygen atoms in total. The van der Waals surface area contributed by atoms with E-state index in [1.54, 1.807) is 0 Å². The Labute approximate surface area is 114 Å². The van der Waals surface area contributed by atoms with Crippen LogP contribution in [0.15, 0.2) is 40.5 Å². The first kappa shape index (κ1) is 12.3. The molecular formula is C13H12N4O3. The molecule has 2 heterocycles. The first-order chi connectivity index (χ1) is 9.65. The van der Waals surface area contributed by atoms with E-state index in [-0.39, 0.29) is 5.91 Å². The van der Waals surface area contributed by atoms with Crippen molar-refractivity contribution in [2.75, 3.05) is 6.54 Å². The maximum Gasteiger partial charge on any atom is 0.325 e. The molecule has 0 aromatic heterocycles. The van der Waals surface area contributed by atoms with Crippen molar-refractivity contribution in [3.63, 3.8) is 0 Å². The molecule has 20 heavy (non-hydrogen) atoms. The first-order valence-electron chi connectivity index (χ1n) is 6.13. The SMILES string of the molecule is O=C(O)CN1N=CN2N=C(c3ccccc3)CC2C1=O. The van der Waals surface area contributed by atoms with Crippen LogP contribution in [-0.2, 0) is 9.59 Å². The Morgan fingerprint density at radius 2 is 2.10 bits per heavy atom. The van der Waals surface area contributed by atoms with E-state index >= 15 is 0 Å². The normalized spacial score (nSPS) is 20.9. The van der Waals surface area contributed by atoms with Gasteiger partial charge < -0.3 is 5.11 Å². The van der Waals surface area contributed by atoms with Crippen LogP contribution in [0, 0.1) is 0 Å². The van der Waals surface area contributed by atoms with Crippen LogP contribution in [0.3, 0.4) is 0 Å². The quantitative estimate of drug-likeness (QED) is 0.859. The van der Waals surface area contributed by atoms with E-state index in [0.29, 0.717) is 6.42 Å². The van der Waals surface area contributed by atoms with E-state index in [1.165, 1.54) is 11.3 Å². The molecule has 1 aromatic carbocycles. The van der Waals surface area contributed by atoms with Crippen LogP contribution in [0.5, 0.6) is 0 Å². The fraction of sp³-hybridized carbons (Fsp3) is 0.231. The number of amides is 1. The van der Waals surface area contributed by atoms with Crippen LogP contribution in [0.1, 0.15) is 12.0 Å². The molecule has 0 aliphatic carbocycles. The molecule has 1 atom stereocenters. The monoisotopic (exact) mass is 272 g/mol. The third-order valence-corrected chi connectivity index (χ3v) is 3.18. The van der Waals surface area contributed by atoms with Crippen molar-refractivity contribution < 1.29 is 14.7 Å². The highest BCUT2D eigenvalue weighted by molar-refractivity contribution is 6.06. The fourth-order valence-electron chi connectivity index (χ4n) is 2.23. The summed E-state index contributed by atoms with van der Waals surface area (Å²) in [6.07, 6.45) is 1.84. The highest BCUT2D eigenvalue weighted by Gasteiger charge is 2.38. The van der Waals surface area contributed by atoms with Gasteiger partial charge in [0, 0.05) is 6.42 Å². The number of hydrogen-bond acceptors (Lipinski definition) is 5. The minimum Gasteiger partial charge on any atom is -0.480 e. The van der Waals surface area contributed by atoms with Crippen molar-refractivity contribution in [2.45, 2.75) is 12.5 Å². The number of benzene rings is 1. The van der Waals surface area contributed by atoms with E-state index in [4.69, 9.17) is 5.11 Å². The van der Waals surface area contributed by atoms with E-state index < -0.39 is 18.6 Å². The highest BCUT2D eigenvalue weighted by Crippen LogP contribution is 2.23. The average Bonchev–Trinajstić information content (AvgIpc) is 2.87. The predicted octanol–water partition coefficient (Wildman–Crippen LogP) is 0.335. The van der Waals surface area contributed by atoms with Crippen molar-refractivity contribution >= 4 is 23.9 Å². The third kappa shape index (κ3) is 2.13. The van der Waals surface area contributed by atoms with E-state index in [9.17, 15) is 9.59 Å². The van der Waals surface area contributed by atoms with Crippen LogP contribution in [0.2, 0.25) is 0 Å². The molecule has 0 saturated carbocycles. The lowest BCUT2D eigenvalue weighted by molar-refractivity contribution is -0.146. The summed E-state index contributed by atoms with van der Waals surface area (Å²) in [5.41, 5.74) is 1.75. The standard InChI is InChI=1S/C13H12N4O3/c18-12(19)7-16-13(20)11-6-10(15-17(11)8-14-16)9-4-2-1-3-5-9/h1-5,8,11H,6-7H2,(H,18,19). The van der Waals surface area contributed by atoms with Gasteiger partial charge in [-0.2, -0.15) is 10.2 Å². The topological polar surface area (TPSA) is 85.6 Å². The lowest BCUT2D eigenvalue weighted by Gasteiger charge is -2.27. The molecule has 0 spiro atoms. The van der Waals surface area contributed by atoms with Gasteiger partial charge in [-0.1, -0.05) is 30.3 Å². The Bertz CT molecular complexity index is 611. The summed E-state index contributed by atoms with van der Waals surface area (Å²) in [7, 11) is 0. The second kappa shape index (κ2) is 4.76. The fourth-order valence-corrected chi connectivity index (χ4v) is 2.23. The number of carbonyl (C=O) groups excluding carboxylic acids is 1. The van der Waals surface area contributed by atoms with Crippen molar-refractivity contribution in [1.29, 1.82) is 0 Å². The van der Waals surface area contributed by atoms with E-state index in [1.807, 2.05) is 30.3 Å². The summed E-state index contributed by atoms with van der Waals surface area (Å²) in [5, 5.41) is 19.4. The number of carboxylic acids is 1. The summed E-state index contributed by atoms with van der Waals surface area (Å²) in [5.74, 6) is -1.43. The number of fused-ring (bicyclic) bond motifs is 1. The maximum atomic E-state index is 12.2. The molecule has 1 amide bonds. The highest BCUT2D eigenvalue weighted by atomic mass is 16.4. The number of nitrogens with zero attached hydrogens (tertiary/aromatic N) is 4. The van der Waals surface area contributed by atoms with E-state index in [0.717, 1.165) is 16.3 Å². The lowest BCUT2D eigenvalue weighted by Crippen LogP contribution is -2.48. The van der Waals surface area contributed by atoms with Crippen LogP contribution >= 0.6 is 0 Å². The Morgan fingerprint density at radius 1 is 1.35 bits per heavy atom. The van der Waals surface area contributed by atoms with Crippen molar-refractivity contribution in [3.8, 4) is 0 Å². The minimum atomic E-state index is -1.09. The Hall–Kier alpha value is -2.70. The van der Waals surface area contributed by atoms with Gasteiger partial charge in [-0.3, -0.25) is 9.59 Å². The second-order valence-electron chi connectivity index (χ2n) is 4.53. The average molecular weight is 272 g/mol. The van der Waals surface area contributed by atoms with Gasteiger partial charge in [-0.05, 0) is 5.56 Å². The van der Waals surface area contributed by atoms with Crippen molar-refractivity contribution in [1.82, 2.24) is 10.0 Å². The third-order valence-electron chi connectivity index (χ3n) is 3.18. The molecule has 0 radical (unpaired) electrons. The van der Waals surface area contributed by atoms with Gasteiger partial charge in [-0.15, -0.1) is 0 Å². The van der Waals surface area contributed by atoms with Gasteiger partial charge in [0.2, 0.25) is 0 Å². The zero-order valence-corrected chi connectivity index (χ0v) is 10.5. The van der Waals surface area contributed by atoms with Gasteiger partial charge in [0.1, 0.15) is 18.9 Å². The molecule has 3 rings (SSSR count). The smallest absolute Gasteiger partial charge is 0.325 e. The number of carbonyl (C=O) groups is 2. The number of carboxylic acid groups (broad SMARTS) is 1. The largest absolute Gasteiger partial charge is 0.480 e. The molecule has 7 heteroatoms. The molecule has 2 aliphatic rings. The number of hydrazone groups is 2. The number of rotatable bonds is 3. The van der Waals surface area contributed by atoms with Crippen LogP contribution < -0.4 is 0 Å². The van der Waals surface area contributed by atoms with Gasteiger partial charge in [-0.25, -0.2) is 10.0 Å². The van der Waals surface area contributed by atoms with Crippen LogP contribution in [-0.4, -0.2) is 51.6 Å². The molecular weight excluding hydrogens is 260 g/mol. The van der Waals surface area contributed by atoms with Crippen LogP contribution in [0.4, 0.5) is 0 Å². The summed E-state index contributed by atoms with van der Waals surface area (Å²) < 4.78 is 0. The molecule has 0 bridgehead atoms. The van der Waals surface area contributed by atoms with Gasteiger partial charge >= 0.3 is 5.97 Å². The summed E-state index contributed by atoms with van der Waals surface area (Å²) in [6, 6.07) is 9.07. The molecule has 1 N–H and O–H groups in total. The Morgan fingerprint density at radius 3 is 2.80 bits per heavy atom. The molecule has 1 unspecified atom stereocenters. The summed E-state index contributed by atoms with van der Waals surface area (Å²) >= 11 is 0. The number of aliphatic carboxylic acids is 1. The summed E-state index contributed by atoms with van der Waals surface area (Å²) in [4.78, 5) is 22.8. The molecule has 1 aromatic rings. The van der Waals surface area contributed by atoms with E-state index in [2.05, 4.69) is 10.2 Å². The van der Waals surface area contributed by atoms with Crippen molar-refractivity contribution in [2.24, 2.45) is 10.2 Å². The van der Waals surface area contributed by atoms with Gasteiger partial charge in [0.25, 0.3) is 5.91 Å². The zero-order chi connectivity index (χ0) is 14.1.